The molecular formula is C17H24N2O3. The third-order valence-electron chi connectivity index (χ3n) is 4.18. The molecule has 0 aromatic heterocycles. The highest BCUT2D eigenvalue weighted by Crippen LogP contribution is 2.32. The molecule has 2 amide bonds. The van der Waals surface area contributed by atoms with Gasteiger partial charge in [-0.15, -0.1) is 0 Å². The number of carboxylic acid groups (broad SMARTS) is 1. The Morgan fingerprint density at radius 1 is 1.18 bits per heavy atom. The van der Waals surface area contributed by atoms with Crippen molar-refractivity contribution in [2.75, 3.05) is 6.54 Å². The molecule has 1 saturated carbocycles. The van der Waals surface area contributed by atoms with E-state index in [1.54, 1.807) is 0 Å². The van der Waals surface area contributed by atoms with E-state index in [0.717, 1.165) is 12.0 Å². The van der Waals surface area contributed by atoms with Crippen LogP contribution in [0.2, 0.25) is 0 Å². The summed E-state index contributed by atoms with van der Waals surface area (Å²) in [6.45, 7) is 0.145. The van der Waals surface area contributed by atoms with E-state index in [1.165, 1.54) is 25.7 Å². The predicted molar refractivity (Wildman–Crippen MR) is 84.5 cm³/mol. The van der Waals surface area contributed by atoms with Crippen LogP contribution in [0.1, 0.15) is 50.1 Å². The van der Waals surface area contributed by atoms with Crippen molar-refractivity contribution in [3.63, 3.8) is 0 Å². The quantitative estimate of drug-likeness (QED) is 0.724. The molecule has 120 valence electrons. The second-order valence-corrected chi connectivity index (χ2v) is 5.89. The number of hydrogen-bond donors (Lipinski definition) is 3. The molecule has 2 rings (SSSR count). The van der Waals surface area contributed by atoms with Crippen molar-refractivity contribution in [2.45, 2.75) is 44.6 Å². The van der Waals surface area contributed by atoms with Gasteiger partial charge in [-0.3, -0.25) is 4.79 Å². The van der Waals surface area contributed by atoms with Gasteiger partial charge in [0.05, 0.1) is 12.5 Å². The minimum Gasteiger partial charge on any atom is -0.481 e. The largest absolute Gasteiger partial charge is 0.481 e. The fraction of sp³-hybridized carbons (Fsp3) is 0.529. The summed E-state index contributed by atoms with van der Waals surface area (Å²) in [6.07, 6.45) is 5.88. The summed E-state index contributed by atoms with van der Waals surface area (Å²) < 4.78 is 0. The van der Waals surface area contributed by atoms with Gasteiger partial charge in [-0.05, 0) is 17.9 Å². The number of amides is 2. The number of hydrogen-bond acceptors (Lipinski definition) is 2. The van der Waals surface area contributed by atoms with E-state index in [2.05, 4.69) is 10.6 Å². The van der Waals surface area contributed by atoms with Crippen LogP contribution in [0.4, 0.5) is 4.79 Å². The average Bonchev–Trinajstić information content (AvgIpc) is 3.00. The Kier molecular flexibility index (Phi) is 6.25. The van der Waals surface area contributed by atoms with Gasteiger partial charge in [0, 0.05) is 6.54 Å². The summed E-state index contributed by atoms with van der Waals surface area (Å²) >= 11 is 0. The Balaban J connectivity index is 1.92. The fourth-order valence-corrected chi connectivity index (χ4v) is 3.04. The molecule has 1 unspecified atom stereocenters. The fourth-order valence-electron chi connectivity index (χ4n) is 3.04. The second-order valence-electron chi connectivity index (χ2n) is 5.89. The van der Waals surface area contributed by atoms with Crippen molar-refractivity contribution in [3.8, 4) is 0 Å². The number of nitrogens with one attached hydrogen (secondary N) is 2. The molecule has 22 heavy (non-hydrogen) atoms. The maximum absolute atomic E-state index is 12.0. The van der Waals surface area contributed by atoms with Gasteiger partial charge in [0.2, 0.25) is 0 Å². The van der Waals surface area contributed by atoms with Gasteiger partial charge in [0.1, 0.15) is 0 Å². The van der Waals surface area contributed by atoms with Gasteiger partial charge in [-0.2, -0.15) is 0 Å². The van der Waals surface area contributed by atoms with E-state index in [0.29, 0.717) is 5.92 Å². The number of carbonyl (C=O) groups excluding carboxylic acids is 1. The lowest BCUT2D eigenvalue weighted by atomic mass is 9.93. The molecule has 3 N–H and O–H groups in total. The minimum absolute atomic E-state index is 0.0193. The number of carbonyl (C=O) groups is 2. The molecule has 1 aromatic carbocycles. The summed E-state index contributed by atoms with van der Waals surface area (Å²) in [7, 11) is 0. The lowest BCUT2D eigenvalue weighted by molar-refractivity contribution is -0.136. The summed E-state index contributed by atoms with van der Waals surface area (Å²) in [5.41, 5.74) is 1.10. The van der Waals surface area contributed by atoms with Gasteiger partial charge in [0.25, 0.3) is 0 Å². The predicted octanol–water partition coefficient (Wildman–Crippen LogP) is 3.08. The van der Waals surface area contributed by atoms with Crippen molar-refractivity contribution in [1.82, 2.24) is 10.6 Å². The van der Waals surface area contributed by atoms with Gasteiger partial charge < -0.3 is 15.7 Å². The lowest BCUT2D eigenvalue weighted by Gasteiger charge is -2.22. The molecule has 1 aliphatic rings. The van der Waals surface area contributed by atoms with E-state index in [4.69, 9.17) is 5.11 Å². The third-order valence-corrected chi connectivity index (χ3v) is 4.18. The standard InChI is InChI=1S/C17H24N2O3/c20-16(21)10-11-18-17(22)19-15(12-13-6-4-5-7-13)14-8-2-1-3-9-14/h1-3,8-9,13,15H,4-7,10-12H2,(H,20,21)(H2,18,19,22). The summed E-state index contributed by atoms with van der Waals surface area (Å²) in [4.78, 5) is 22.4. The first-order chi connectivity index (χ1) is 10.6. The molecule has 1 aromatic rings. The number of aliphatic carboxylic acids is 1. The Morgan fingerprint density at radius 3 is 2.50 bits per heavy atom. The zero-order valence-electron chi connectivity index (χ0n) is 12.8. The van der Waals surface area contributed by atoms with E-state index in [1.807, 2.05) is 30.3 Å². The van der Waals surface area contributed by atoms with Crippen LogP contribution < -0.4 is 10.6 Å². The monoisotopic (exact) mass is 304 g/mol. The SMILES string of the molecule is O=C(O)CCNC(=O)NC(CC1CCCC1)c1ccccc1. The van der Waals surface area contributed by atoms with Crippen molar-refractivity contribution in [2.24, 2.45) is 5.92 Å². The highest BCUT2D eigenvalue weighted by molar-refractivity contribution is 5.75. The van der Waals surface area contributed by atoms with E-state index < -0.39 is 5.97 Å². The van der Waals surface area contributed by atoms with Crippen molar-refractivity contribution in [1.29, 1.82) is 0 Å². The minimum atomic E-state index is -0.911. The van der Waals surface area contributed by atoms with Crippen LogP contribution in [0.3, 0.4) is 0 Å². The Labute approximate surface area is 131 Å². The number of carboxylic acids is 1. The summed E-state index contributed by atoms with van der Waals surface area (Å²) in [6, 6.07) is 9.64. The maximum atomic E-state index is 12.0. The summed E-state index contributed by atoms with van der Waals surface area (Å²) in [5, 5.41) is 14.2. The van der Waals surface area contributed by atoms with Crippen LogP contribution in [0.15, 0.2) is 30.3 Å². The molecule has 0 heterocycles. The van der Waals surface area contributed by atoms with Crippen molar-refractivity contribution >= 4 is 12.0 Å². The smallest absolute Gasteiger partial charge is 0.315 e. The molecule has 1 fully saturated rings. The van der Waals surface area contributed by atoms with E-state index in [-0.39, 0.29) is 25.0 Å². The van der Waals surface area contributed by atoms with Gasteiger partial charge in [-0.1, -0.05) is 56.0 Å². The number of urea groups is 1. The van der Waals surface area contributed by atoms with Gasteiger partial charge in [-0.25, -0.2) is 4.79 Å². The highest BCUT2D eigenvalue weighted by Gasteiger charge is 2.22. The van der Waals surface area contributed by atoms with Gasteiger partial charge >= 0.3 is 12.0 Å². The zero-order valence-corrected chi connectivity index (χ0v) is 12.8. The Bertz CT molecular complexity index is 484. The molecule has 5 nitrogen and oxygen atoms in total. The first-order valence-corrected chi connectivity index (χ1v) is 7.96. The molecule has 0 radical (unpaired) electrons. The Morgan fingerprint density at radius 2 is 1.86 bits per heavy atom. The van der Waals surface area contributed by atoms with Gasteiger partial charge in [0.15, 0.2) is 0 Å². The van der Waals surface area contributed by atoms with E-state index in [9.17, 15) is 9.59 Å². The van der Waals surface area contributed by atoms with Crippen LogP contribution in [-0.2, 0) is 4.79 Å². The average molecular weight is 304 g/mol. The molecule has 0 bridgehead atoms. The maximum Gasteiger partial charge on any atom is 0.315 e. The molecule has 5 heteroatoms. The zero-order chi connectivity index (χ0) is 15.8. The van der Waals surface area contributed by atoms with E-state index >= 15 is 0 Å². The molecule has 1 atom stereocenters. The molecular weight excluding hydrogens is 280 g/mol. The van der Waals surface area contributed by atoms with Crippen LogP contribution in [-0.4, -0.2) is 23.7 Å². The molecule has 0 spiro atoms. The highest BCUT2D eigenvalue weighted by atomic mass is 16.4. The van der Waals surface area contributed by atoms with Crippen molar-refractivity contribution in [3.05, 3.63) is 35.9 Å². The number of rotatable bonds is 7. The Hall–Kier alpha value is -2.04. The number of benzene rings is 1. The third kappa shape index (κ3) is 5.39. The van der Waals surface area contributed by atoms with Crippen LogP contribution in [0.5, 0.6) is 0 Å². The topological polar surface area (TPSA) is 78.4 Å². The second kappa shape index (κ2) is 8.41. The molecule has 0 saturated heterocycles. The van der Waals surface area contributed by atoms with Crippen LogP contribution in [0.25, 0.3) is 0 Å². The lowest BCUT2D eigenvalue weighted by Crippen LogP contribution is -2.39. The first-order valence-electron chi connectivity index (χ1n) is 7.96. The van der Waals surface area contributed by atoms with Crippen LogP contribution >= 0.6 is 0 Å². The normalized spacial score (nSPS) is 16.2. The summed E-state index contributed by atoms with van der Waals surface area (Å²) in [5.74, 6) is -0.254. The van der Waals surface area contributed by atoms with Crippen LogP contribution in [0, 0.1) is 5.92 Å². The van der Waals surface area contributed by atoms with Crippen molar-refractivity contribution < 1.29 is 14.7 Å². The first kappa shape index (κ1) is 16.3. The molecule has 0 aliphatic heterocycles. The molecule has 1 aliphatic carbocycles.